The van der Waals surface area contributed by atoms with Crippen molar-refractivity contribution in [3.63, 3.8) is 0 Å². The Kier molecular flexibility index (Phi) is 5.36. The molecule has 0 spiro atoms. The van der Waals surface area contributed by atoms with Crippen LogP contribution in [0, 0.1) is 10.1 Å². The van der Waals surface area contributed by atoms with Crippen LogP contribution in [0.4, 0.5) is 5.69 Å². The Balaban J connectivity index is 2.24. The fourth-order valence-electron chi connectivity index (χ4n) is 2.30. The maximum absolute atomic E-state index is 11.1. The van der Waals surface area contributed by atoms with Crippen LogP contribution in [0.2, 0.25) is 0 Å². The molecule has 0 aliphatic heterocycles. The summed E-state index contributed by atoms with van der Waals surface area (Å²) in [6.45, 7) is 0. The van der Waals surface area contributed by atoms with E-state index in [0.717, 1.165) is 11.1 Å². The average Bonchev–Trinajstić information content (AvgIpc) is 2.53. The number of likely N-dealkylation sites (N-methyl/N-ethyl adjacent to an activating group) is 1. The molecule has 2 aromatic carbocycles. The van der Waals surface area contributed by atoms with Crippen molar-refractivity contribution in [1.82, 2.24) is 5.32 Å². The third-order valence-electron chi connectivity index (χ3n) is 3.48. The van der Waals surface area contributed by atoms with E-state index in [9.17, 15) is 10.1 Å². The predicted octanol–water partition coefficient (Wildman–Crippen LogP) is 3.82. The van der Waals surface area contributed by atoms with Crippen molar-refractivity contribution in [2.45, 2.75) is 17.4 Å². The third-order valence-corrected chi connectivity index (χ3v) is 4.22. The van der Waals surface area contributed by atoms with E-state index < -0.39 is 0 Å². The molecule has 0 amide bonds. The highest BCUT2D eigenvalue weighted by Crippen LogP contribution is 2.26. The fraction of sp³-hybridized carbons (Fsp3) is 0.250. The largest absolute Gasteiger partial charge is 0.313 e. The van der Waals surface area contributed by atoms with Gasteiger partial charge in [0.25, 0.3) is 5.69 Å². The monoisotopic (exact) mass is 302 g/mol. The number of nitrogens with zero attached hydrogens (tertiary/aromatic N) is 1. The Morgan fingerprint density at radius 2 is 1.86 bits per heavy atom. The lowest BCUT2D eigenvalue weighted by atomic mass is 9.98. The summed E-state index contributed by atoms with van der Waals surface area (Å²) in [4.78, 5) is 12.0. The van der Waals surface area contributed by atoms with E-state index in [1.54, 1.807) is 23.9 Å². The van der Waals surface area contributed by atoms with Crippen LogP contribution in [-0.2, 0) is 6.42 Å². The summed E-state index contributed by atoms with van der Waals surface area (Å²) in [6, 6.07) is 15.3. The molecule has 0 fully saturated rings. The zero-order valence-electron chi connectivity index (χ0n) is 12.1. The third kappa shape index (κ3) is 3.83. The van der Waals surface area contributed by atoms with Gasteiger partial charge in [-0.3, -0.25) is 10.1 Å². The first-order valence-electron chi connectivity index (χ1n) is 6.69. The molecular weight excluding hydrogens is 284 g/mol. The molecule has 0 aliphatic rings. The number of para-hydroxylation sites is 1. The minimum Gasteiger partial charge on any atom is -0.313 e. The number of thioether (sulfide) groups is 1. The minimum absolute atomic E-state index is 0.0574. The summed E-state index contributed by atoms with van der Waals surface area (Å²) < 4.78 is 0. The molecule has 0 saturated heterocycles. The minimum atomic E-state index is -0.321. The van der Waals surface area contributed by atoms with E-state index in [1.165, 1.54) is 4.90 Å². The van der Waals surface area contributed by atoms with E-state index in [0.29, 0.717) is 6.42 Å². The van der Waals surface area contributed by atoms with Crippen molar-refractivity contribution in [1.29, 1.82) is 0 Å². The lowest BCUT2D eigenvalue weighted by Crippen LogP contribution is -2.19. The summed E-state index contributed by atoms with van der Waals surface area (Å²) >= 11 is 1.70. The van der Waals surface area contributed by atoms with Gasteiger partial charge in [0.1, 0.15) is 0 Å². The zero-order chi connectivity index (χ0) is 15.2. The number of nitrogens with one attached hydrogen (secondary N) is 1. The highest BCUT2D eigenvalue weighted by molar-refractivity contribution is 7.98. The van der Waals surface area contributed by atoms with Crippen molar-refractivity contribution in [2.75, 3.05) is 13.3 Å². The standard InChI is InChI=1S/C16H18N2O2S/c1-17-15(12-7-9-14(21-2)10-8-12)11-13-5-3-4-6-16(13)18(19)20/h3-10,15,17H,11H2,1-2H3. The molecule has 0 aliphatic carbocycles. The number of rotatable bonds is 6. The highest BCUT2D eigenvalue weighted by Gasteiger charge is 2.17. The van der Waals surface area contributed by atoms with E-state index in [4.69, 9.17) is 0 Å². The maximum atomic E-state index is 11.1. The van der Waals surface area contributed by atoms with E-state index in [2.05, 4.69) is 29.6 Å². The topological polar surface area (TPSA) is 55.2 Å². The second-order valence-electron chi connectivity index (χ2n) is 4.70. The molecule has 2 aromatic rings. The van der Waals surface area contributed by atoms with Gasteiger partial charge in [0.2, 0.25) is 0 Å². The SMILES string of the molecule is CNC(Cc1ccccc1[N+](=O)[O-])c1ccc(SC)cc1. The van der Waals surface area contributed by atoms with Crippen LogP contribution < -0.4 is 5.32 Å². The molecular formula is C16H18N2O2S. The smallest absolute Gasteiger partial charge is 0.272 e. The molecule has 0 heterocycles. The Bertz CT molecular complexity index is 614. The lowest BCUT2D eigenvalue weighted by molar-refractivity contribution is -0.385. The van der Waals surface area contributed by atoms with Gasteiger partial charge in [-0.1, -0.05) is 30.3 Å². The van der Waals surface area contributed by atoms with Gasteiger partial charge in [0.05, 0.1) is 4.92 Å². The van der Waals surface area contributed by atoms with Crippen molar-refractivity contribution >= 4 is 17.4 Å². The first-order chi connectivity index (χ1) is 10.2. The first kappa shape index (κ1) is 15.5. The molecule has 0 radical (unpaired) electrons. The van der Waals surface area contributed by atoms with Crippen LogP contribution in [0.15, 0.2) is 53.4 Å². The van der Waals surface area contributed by atoms with Crippen molar-refractivity contribution in [3.8, 4) is 0 Å². The average molecular weight is 302 g/mol. The summed E-state index contributed by atoms with van der Waals surface area (Å²) in [6.07, 6.45) is 2.63. The van der Waals surface area contributed by atoms with Crippen molar-refractivity contribution in [2.24, 2.45) is 0 Å². The normalized spacial score (nSPS) is 12.1. The van der Waals surface area contributed by atoms with Gasteiger partial charge in [0, 0.05) is 22.6 Å². The Labute approximate surface area is 128 Å². The van der Waals surface area contributed by atoms with Crippen LogP contribution in [0.1, 0.15) is 17.2 Å². The molecule has 0 aromatic heterocycles. The molecule has 0 bridgehead atoms. The van der Waals surface area contributed by atoms with Gasteiger partial charge < -0.3 is 5.32 Å². The molecule has 0 saturated carbocycles. The second-order valence-corrected chi connectivity index (χ2v) is 5.58. The Morgan fingerprint density at radius 3 is 2.43 bits per heavy atom. The summed E-state index contributed by atoms with van der Waals surface area (Å²) in [5.41, 5.74) is 2.06. The van der Waals surface area contributed by atoms with Crippen LogP contribution in [-0.4, -0.2) is 18.2 Å². The lowest BCUT2D eigenvalue weighted by Gasteiger charge is -2.17. The first-order valence-corrected chi connectivity index (χ1v) is 7.91. The van der Waals surface area contributed by atoms with Crippen LogP contribution >= 0.6 is 11.8 Å². The van der Waals surface area contributed by atoms with Crippen molar-refractivity contribution in [3.05, 3.63) is 69.8 Å². The summed E-state index contributed by atoms with van der Waals surface area (Å²) in [5, 5.41) is 14.3. The molecule has 21 heavy (non-hydrogen) atoms. The molecule has 4 nitrogen and oxygen atoms in total. The molecule has 1 N–H and O–H groups in total. The van der Waals surface area contributed by atoms with Gasteiger partial charge in [0.15, 0.2) is 0 Å². The fourth-order valence-corrected chi connectivity index (χ4v) is 2.71. The maximum Gasteiger partial charge on any atom is 0.272 e. The Hall–Kier alpha value is -1.85. The molecule has 2 rings (SSSR count). The second kappa shape index (κ2) is 7.24. The van der Waals surface area contributed by atoms with Gasteiger partial charge in [-0.2, -0.15) is 0 Å². The quantitative estimate of drug-likeness (QED) is 0.501. The molecule has 1 atom stereocenters. The zero-order valence-corrected chi connectivity index (χ0v) is 12.9. The van der Waals surface area contributed by atoms with E-state index in [1.807, 2.05) is 25.4 Å². The number of nitro groups is 1. The highest BCUT2D eigenvalue weighted by atomic mass is 32.2. The number of hydrogen-bond acceptors (Lipinski definition) is 4. The summed E-state index contributed by atoms with van der Waals surface area (Å²) in [7, 11) is 1.88. The number of benzene rings is 2. The summed E-state index contributed by atoms with van der Waals surface area (Å²) in [5.74, 6) is 0. The Morgan fingerprint density at radius 1 is 1.19 bits per heavy atom. The van der Waals surface area contributed by atoms with Crippen molar-refractivity contribution < 1.29 is 4.92 Å². The van der Waals surface area contributed by atoms with Crippen LogP contribution in [0.5, 0.6) is 0 Å². The van der Waals surface area contributed by atoms with Gasteiger partial charge >= 0.3 is 0 Å². The number of nitro benzene ring substituents is 1. The number of hydrogen-bond donors (Lipinski definition) is 1. The van der Waals surface area contributed by atoms with Gasteiger partial charge in [-0.15, -0.1) is 11.8 Å². The van der Waals surface area contributed by atoms with Gasteiger partial charge in [-0.05, 0) is 37.4 Å². The van der Waals surface area contributed by atoms with Crippen LogP contribution in [0.3, 0.4) is 0 Å². The van der Waals surface area contributed by atoms with Gasteiger partial charge in [-0.25, -0.2) is 0 Å². The van der Waals surface area contributed by atoms with E-state index >= 15 is 0 Å². The van der Waals surface area contributed by atoms with Crippen LogP contribution in [0.25, 0.3) is 0 Å². The molecule has 5 heteroatoms. The predicted molar refractivity (Wildman–Crippen MR) is 86.8 cm³/mol. The molecule has 110 valence electrons. The van der Waals surface area contributed by atoms with E-state index in [-0.39, 0.29) is 16.7 Å². The molecule has 1 unspecified atom stereocenters.